The van der Waals surface area contributed by atoms with Gasteiger partial charge in [0.05, 0.1) is 12.3 Å². The van der Waals surface area contributed by atoms with Crippen molar-refractivity contribution < 1.29 is 9.50 Å². The summed E-state index contributed by atoms with van der Waals surface area (Å²) in [7, 11) is 1.59. The fraction of sp³-hybridized carbons (Fsp3) is 0.286. The number of aromatic amines is 1. The molecule has 5 N–H and O–H groups in total. The van der Waals surface area contributed by atoms with Crippen LogP contribution in [0.15, 0.2) is 29.1 Å². The van der Waals surface area contributed by atoms with Gasteiger partial charge < -0.3 is 16.2 Å². The SMILES string of the molecule is CNc1c(C[C@@H](CO)c2ccccc2F)nc(N)[nH]c1=O. The molecule has 0 fully saturated rings. The molecular formula is C14H17FN4O2. The van der Waals surface area contributed by atoms with Crippen molar-refractivity contribution in [3.8, 4) is 0 Å². The van der Waals surface area contributed by atoms with Crippen LogP contribution < -0.4 is 16.6 Å². The first-order valence-electron chi connectivity index (χ1n) is 6.48. The first kappa shape index (κ1) is 15.0. The molecule has 2 aromatic rings. The summed E-state index contributed by atoms with van der Waals surface area (Å²) in [6, 6.07) is 6.21. The van der Waals surface area contributed by atoms with Gasteiger partial charge in [-0.15, -0.1) is 0 Å². The van der Waals surface area contributed by atoms with E-state index in [1.807, 2.05) is 0 Å². The van der Waals surface area contributed by atoms with Gasteiger partial charge in [0.25, 0.3) is 5.56 Å². The molecule has 112 valence electrons. The molecule has 0 aliphatic heterocycles. The topological polar surface area (TPSA) is 104 Å². The lowest BCUT2D eigenvalue weighted by molar-refractivity contribution is 0.261. The van der Waals surface area contributed by atoms with E-state index < -0.39 is 17.3 Å². The quantitative estimate of drug-likeness (QED) is 0.654. The van der Waals surface area contributed by atoms with Crippen LogP contribution in [0.25, 0.3) is 0 Å². The van der Waals surface area contributed by atoms with Gasteiger partial charge in [0.2, 0.25) is 5.95 Å². The summed E-state index contributed by atoms with van der Waals surface area (Å²) in [4.78, 5) is 18.2. The minimum atomic E-state index is -0.507. The Hall–Kier alpha value is -2.41. The average Bonchev–Trinajstić information content (AvgIpc) is 2.45. The highest BCUT2D eigenvalue weighted by Crippen LogP contribution is 2.24. The first-order valence-corrected chi connectivity index (χ1v) is 6.48. The van der Waals surface area contributed by atoms with E-state index >= 15 is 0 Å². The highest BCUT2D eigenvalue weighted by Gasteiger charge is 2.19. The Morgan fingerprint density at radius 2 is 2.19 bits per heavy atom. The average molecular weight is 292 g/mol. The van der Waals surface area contributed by atoms with Crippen molar-refractivity contribution in [1.29, 1.82) is 0 Å². The van der Waals surface area contributed by atoms with E-state index in [0.29, 0.717) is 11.3 Å². The van der Waals surface area contributed by atoms with Gasteiger partial charge in [-0.1, -0.05) is 18.2 Å². The number of hydrogen-bond acceptors (Lipinski definition) is 5. The molecule has 1 aromatic heterocycles. The number of H-pyrrole nitrogens is 1. The second-order valence-corrected chi connectivity index (χ2v) is 4.63. The van der Waals surface area contributed by atoms with Crippen LogP contribution >= 0.6 is 0 Å². The molecule has 0 bridgehead atoms. The van der Waals surface area contributed by atoms with E-state index in [2.05, 4.69) is 15.3 Å². The number of nitrogens with two attached hydrogens (primary N) is 1. The number of anilines is 2. The standard InChI is InChI=1S/C14H17FN4O2/c1-17-12-11(18-14(16)19-13(12)21)6-8(7-20)9-4-2-3-5-10(9)15/h2-5,8,17,20H,6-7H2,1H3,(H3,16,18,19,21)/t8-/m0/s1. The largest absolute Gasteiger partial charge is 0.396 e. The summed E-state index contributed by atoms with van der Waals surface area (Å²) in [5, 5.41) is 12.3. The summed E-state index contributed by atoms with van der Waals surface area (Å²) in [5.74, 6) is -0.924. The third-order valence-corrected chi connectivity index (χ3v) is 3.27. The minimum absolute atomic E-state index is 0.0146. The fourth-order valence-corrected chi connectivity index (χ4v) is 2.26. The molecule has 2 rings (SSSR count). The summed E-state index contributed by atoms with van der Waals surface area (Å²) in [6.07, 6.45) is 0.196. The van der Waals surface area contributed by atoms with Gasteiger partial charge in [-0.2, -0.15) is 0 Å². The van der Waals surface area contributed by atoms with Crippen molar-refractivity contribution in [3.63, 3.8) is 0 Å². The molecule has 0 aliphatic carbocycles. The fourth-order valence-electron chi connectivity index (χ4n) is 2.26. The molecule has 0 radical (unpaired) electrons. The Labute approximate surface area is 120 Å². The lowest BCUT2D eigenvalue weighted by atomic mass is 9.94. The van der Waals surface area contributed by atoms with Crippen molar-refractivity contribution in [2.45, 2.75) is 12.3 Å². The van der Waals surface area contributed by atoms with E-state index in [0.717, 1.165) is 0 Å². The van der Waals surface area contributed by atoms with Crippen LogP contribution in [0.4, 0.5) is 16.0 Å². The van der Waals surface area contributed by atoms with Crippen LogP contribution in [0.3, 0.4) is 0 Å². The molecule has 1 heterocycles. The lowest BCUT2D eigenvalue weighted by Crippen LogP contribution is -2.21. The van der Waals surface area contributed by atoms with E-state index in [9.17, 15) is 14.3 Å². The normalized spacial score (nSPS) is 12.1. The first-order chi connectivity index (χ1) is 10.1. The molecule has 21 heavy (non-hydrogen) atoms. The van der Waals surface area contributed by atoms with Crippen molar-refractivity contribution in [2.75, 3.05) is 24.7 Å². The van der Waals surface area contributed by atoms with Crippen molar-refractivity contribution >= 4 is 11.6 Å². The Morgan fingerprint density at radius 3 is 2.81 bits per heavy atom. The van der Waals surface area contributed by atoms with Gasteiger partial charge in [0.1, 0.15) is 11.5 Å². The number of aliphatic hydroxyl groups is 1. The number of aliphatic hydroxyl groups excluding tert-OH is 1. The van der Waals surface area contributed by atoms with Crippen LogP contribution in [-0.4, -0.2) is 28.7 Å². The Morgan fingerprint density at radius 1 is 1.48 bits per heavy atom. The Kier molecular flexibility index (Phi) is 4.54. The number of benzene rings is 1. The maximum absolute atomic E-state index is 13.8. The third kappa shape index (κ3) is 3.19. The maximum atomic E-state index is 13.8. The predicted octanol–water partition coefficient (Wildman–Crippen LogP) is 0.851. The molecule has 0 unspecified atom stereocenters. The zero-order valence-corrected chi connectivity index (χ0v) is 11.6. The number of nitrogens with zero attached hydrogens (tertiary/aromatic N) is 1. The van der Waals surface area contributed by atoms with E-state index in [1.54, 1.807) is 25.2 Å². The highest BCUT2D eigenvalue weighted by molar-refractivity contribution is 5.48. The number of nitrogen functional groups attached to an aromatic ring is 1. The molecular weight excluding hydrogens is 275 g/mol. The van der Waals surface area contributed by atoms with Gasteiger partial charge >= 0.3 is 0 Å². The van der Waals surface area contributed by atoms with E-state index in [4.69, 9.17) is 5.73 Å². The number of aromatic nitrogens is 2. The van der Waals surface area contributed by atoms with Crippen molar-refractivity contribution in [3.05, 3.63) is 51.7 Å². The molecule has 0 saturated heterocycles. The second kappa shape index (κ2) is 6.36. The molecule has 0 aliphatic rings. The zero-order chi connectivity index (χ0) is 15.4. The number of halogens is 1. The molecule has 0 saturated carbocycles. The van der Waals surface area contributed by atoms with E-state index in [1.165, 1.54) is 6.07 Å². The van der Waals surface area contributed by atoms with Crippen molar-refractivity contribution in [1.82, 2.24) is 9.97 Å². The van der Waals surface area contributed by atoms with Crippen molar-refractivity contribution in [2.24, 2.45) is 0 Å². The lowest BCUT2D eigenvalue weighted by Gasteiger charge is -2.16. The molecule has 0 amide bonds. The van der Waals surface area contributed by atoms with Gasteiger partial charge in [-0.3, -0.25) is 9.78 Å². The van der Waals surface area contributed by atoms with E-state index in [-0.39, 0.29) is 24.7 Å². The molecule has 1 aromatic carbocycles. The van der Waals surface area contributed by atoms with Gasteiger partial charge in [0.15, 0.2) is 0 Å². The monoisotopic (exact) mass is 292 g/mol. The molecule has 1 atom stereocenters. The molecule has 7 heteroatoms. The summed E-state index contributed by atoms with van der Waals surface area (Å²) in [5.41, 5.74) is 6.17. The minimum Gasteiger partial charge on any atom is -0.396 e. The maximum Gasteiger partial charge on any atom is 0.275 e. The molecule has 6 nitrogen and oxygen atoms in total. The number of rotatable bonds is 5. The Bertz CT molecular complexity index is 687. The summed E-state index contributed by atoms with van der Waals surface area (Å²) >= 11 is 0. The smallest absolute Gasteiger partial charge is 0.275 e. The Balaban J connectivity index is 2.40. The van der Waals surface area contributed by atoms with Crippen LogP contribution in [-0.2, 0) is 6.42 Å². The van der Waals surface area contributed by atoms with Gasteiger partial charge in [0, 0.05) is 19.4 Å². The van der Waals surface area contributed by atoms with Crippen LogP contribution in [0.2, 0.25) is 0 Å². The molecule has 0 spiro atoms. The highest BCUT2D eigenvalue weighted by atomic mass is 19.1. The summed E-state index contributed by atoms with van der Waals surface area (Å²) in [6.45, 7) is -0.265. The van der Waals surface area contributed by atoms with Gasteiger partial charge in [-0.25, -0.2) is 9.37 Å². The second-order valence-electron chi connectivity index (χ2n) is 4.63. The van der Waals surface area contributed by atoms with Crippen LogP contribution in [0.1, 0.15) is 17.2 Å². The van der Waals surface area contributed by atoms with Crippen LogP contribution in [0, 0.1) is 5.82 Å². The van der Waals surface area contributed by atoms with Gasteiger partial charge in [-0.05, 0) is 11.6 Å². The third-order valence-electron chi connectivity index (χ3n) is 3.27. The number of nitrogens with one attached hydrogen (secondary N) is 2. The number of hydrogen-bond donors (Lipinski definition) is 4. The summed E-state index contributed by atoms with van der Waals surface area (Å²) < 4.78 is 13.8. The predicted molar refractivity (Wildman–Crippen MR) is 78.7 cm³/mol. The zero-order valence-electron chi connectivity index (χ0n) is 11.6. The van der Waals surface area contributed by atoms with Crippen LogP contribution in [0.5, 0.6) is 0 Å².